The standard InChI is InChI=1S/C21H22FN3O4/c1-3-21(13-14-8-5-4-6-9-14)20(27)24(2)18(19(26)23-21)12-15-16(22)10-7-11-17(15)25(28)29/h4-11,18H,3,12-13H2,1-2H3,(H,23,26). The second kappa shape index (κ2) is 7.98. The molecule has 0 radical (unpaired) electrons. The molecule has 8 heteroatoms. The first-order valence-corrected chi connectivity index (χ1v) is 9.34. The van der Waals surface area contributed by atoms with Crippen molar-refractivity contribution in [3.8, 4) is 0 Å². The van der Waals surface area contributed by atoms with E-state index in [9.17, 15) is 24.1 Å². The number of nitrogens with one attached hydrogen (secondary N) is 1. The highest BCUT2D eigenvalue weighted by Crippen LogP contribution is 2.29. The molecule has 0 saturated carbocycles. The Hall–Kier alpha value is -3.29. The van der Waals surface area contributed by atoms with Crippen molar-refractivity contribution < 1.29 is 18.9 Å². The summed E-state index contributed by atoms with van der Waals surface area (Å²) in [7, 11) is 1.48. The van der Waals surface area contributed by atoms with Crippen LogP contribution in [0.25, 0.3) is 0 Å². The largest absolute Gasteiger partial charge is 0.340 e. The maximum Gasteiger partial charge on any atom is 0.275 e. The highest BCUT2D eigenvalue weighted by Gasteiger charge is 2.49. The van der Waals surface area contributed by atoms with E-state index >= 15 is 0 Å². The van der Waals surface area contributed by atoms with Gasteiger partial charge in [-0.1, -0.05) is 43.3 Å². The van der Waals surface area contributed by atoms with Gasteiger partial charge in [0.2, 0.25) is 11.8 Å². The Bertz CT molecular complexity index is 950. The summed E-state index contributed by atoms with van der Waals surface area (Å²) >= 11 is 0. The number of likely N-dealkylation sites (N-methyl/N-ethyl adjacent to an activating group) is 1. The summed E-state index contributed by atoms with van der Waals surface area (Å²) in [6.45, 7) is 1.82. The van der Waals surface area contributed by atoms with Gasteiger partial charge in [-0.3, -0.25) is 19.7 Å². The highest BCUT2D eigenvalue weighted by atomic mass is 19.1. The van der Waals surface area contributed by atoms with E-state index in [4.69, 9.17) is 0 Å². The number of carbonyl (C=O) groups excluding carboxylic acids is 2. The maximum atomic E-state index is 14.3. The zero-order valence-electron chi connectivity index (χ0n) is 16.2. The van der Waals surface area contributed by atoms with Crippen molar-refractivity contribution in [3.05, 3.63) is 75.6 Å². The molecule has 2 unspecified atom stereocenters. The number of amides is 2. The number of hydrogen-bond donors (Lipinski definition) is 1. The minimum absolute atomic E-state index is 0.190. The third-order valence-electron chi connectivity index (χ3n) is 5.50. The van der Waals surface area contributed by atoms with Gasteiger partial charge in [-0.2, -0.15) is 0 Å². The monoisotopic (exact) mass is 399 g/mol. The number of rotatable bonds is 6. The van der Waals surface area contributed by atoms with E-state index in [0.29, 0.717) is 12.8 Å². The topological polar surface area (TPSA) is 92.5 Å². The van der Waals surface area contributed by atoms with Gasteiger partial charge in [0.15, 0.2) is 0 Å². The molecule has 1 heterocycles. The molecule has 0 spiro atoms. The minimum Gasteiger partial charge on any atom is -0.340 e. The van der Waals surface area contributed by atoms with E-state index in [2.05, 4.69) is 5.32 Å². The van der Waals surface area contributed by atoms with Gasteiger partial charge < -0.3 is 10.2 Å². The summed E-state index contributed by atoms with van der Waals surface area (Å²) in [4.78, 5) is 38.0. The zero-order valence-corrected chi connectivity index (χ0v) is 16.2. The second-order valence-corrected chi connectivity index (χ2v) is 7.22. The first kappa shape index (κ1) is 20.4. The van der Waals surface area contributed by atoms with Crippen molar-refractivity contribution in [3.63, 3.8) is 0 Å². The molecule has 152 valence electrons. The molecular weight excluding hydrogens is 377 g/mol. The SMILES string of the molecule is CCC1(Cc2ccccc2)NC(=O)C(Cc2c(F)cccc2[N+](=O)[O-])N(C)C1=O. The number of nitrogens with zero attached hydrogens (tertiary/aromatic N) is 2. The molecule has 0 bridgehead atoms. The van der Waals surface area contributed by atoms with Crippen LogP contribution < -0.4 is 5.32 Å². The number of benzene rings is 2. The Kier molecular flexibility index (Phi) is 5.63. The van der Waals surface area contributed by atoms with Crippen LogP contribution in [-0.4, -0.2) is 40.3 Å². The van der Waals surface area contributed by atoms with E-state index < -0.39 is 33.9 Å². The second-order valence-electron chi connectivity index (χ2n) is 7.22. The van der Waals surface area contributed by atoms with Crippen molar-refractivity contribution in [1.82, 2.24) is 10.2 Å². The number of carbonyl (C=O) groups is 2. The van der Waals surface area contributed by atoms with E-state index in [1.165, 1.54) is 24.1 Å². The quantitative estimate of drug-likeness (QED) is 0.597. The number of nitro groups is 1. The molecule has 7 nitrogen and oxygen atoms in total. The summed E-state index contributed by atoms with van der Waals surface area (Å²) in [5.74, 6) is -1.53. The first-order valence-electron chi connectivity index (χ1n) is 9.34. The highest BCUT2D eigenvalue weighted by molar-refractivity contribution is 6.00. The molecule has 1 saturated heterocycles. The van der Waals surface area contributed by atoms with E-state index in [0.717, 1.165) is 11.6 Å². The van der Waals surface area contributed by atoms with Gasteiger partial charge in [-0.15, -0.1) is 0 Å². The van der Waals surface area contributed by atoms with Gasteiger partial charge in [0.1, 0.15) is 17.4 Å². The third-order valence-corrected chi connectivity index (χ3v) is 5.50. The van der Waals surface area contributed by atoms with Crippen LogP contribution in [0.4, 0.5) is 10.1 Å². The fraction of sp³-hybridized carbons (Fsp3) is 0.333. The molecular formula is C21H22FN3O4. The molecule has 2 aromatic rings. The van der Waals surface area contributed by atoms with E-state index in [1.807, 2.05) is 37.3 Å². The molecule has 1 fully saturated rings. The molecule has 3 rings (SSSR count). The van der Waals surface area contributed by atoms with Crippen molar-refractivity contribution >= 4 is 17.5 Å². The summed E-state index contributed by atoms with van der Waals surface area (Å²) < 4.78 is 14.3. The van der Waals surface area contributed by atoms with Crippen LogP contribution in [0.1, 0.15) is 24.5 Å². The smallest absolute Gasteiger partial charge is 0.275 e. The van der Waals surface area contributed by atoms with E-state index in [1.54, 1.807) is 0 Å². The van der Waals surface area contributed by atoms with Crippen LogP contribution in [0.2, 0.25) is 0 Å². The summed E-state index contributed by atoms with van der Waals surface area (Å²) in [5, 5.41) is 14.1. The predicted octanol–water partition coefficient (Wildman–Crippen LogP) is 2.62. The van der Waals surface area contributed by atoms with Crippen molar-refractivity contribution in [2.24, 2.45) is 0 Å². The van der Waals surface area contributed by atoms with Crippen molar-refractivity contribution in [2.45, 2.75) is 37.8 Å². The maximum absolute atomic E-state index is 14.3. The lowest BCUT2D eigenvalue weighted by Crippen LogP contribution is -2.70. The van der Waals surface area contributed by atoms with Crippen molar-refractivity contribution in [2.75, 3.05) is 7.05 Å². The van der Waals surface area contributed by atoms with Gasteiger partial charge in [-0.25, -0.2) is 4.39 Å². The summed E-state index contributed by atoms with van der Waals surface area (Å²) in [6, 6.07) is 11.9. The lowest BCUT2D eigenvalue weighted by molar-refractivity contribution is -0.385. The van der Waals surface area contributed by atoms with Gasteiger partial charge in [0, 0.05) is 26.0 Å². The van der Waals surface area contributed by atoms with E-state index in [-0.39, 0.29) is 17.9 Å². The molecule has 1 N–H and O–H groups in total. The van der Waals surface area contributed by atoms with Gasteiger partial charge >= 0.3 is 0 Å². The summed E-state index contributed by atoms with van der Waals surface area (Å²) in [6.07, 6.45) is 0.428. The number of halogens is 1. The van der Waals surface area contributed by atoms with Crippen LogP contribution in [0.5, 0.6) is 0 Å². The fourth-order valence-electron chi connectivity index (χ4n) is 3.80. The van der Waals surface area contributed by atoms with Crippen LogP contribution in [-0.2, 0) is 22.4 Å². The van der Waals surface area contributed by atoms with Gasteiger partial charge in [-0.05, 0) is 18.1 Å². The van der Waals surface area contributed by atoms with Gasteiger partial charge in [0.05, 0.1) is 10.5 Å². The lowest BCUT2D eigenvalue weighted by Gasteiger charge is -2.44. The Balaban J connectivity index is 1.90. The molecule has 1 aliphatic heterocycles. The number of nitro benzene ring substituents is 1. The lowest BCUT2D eigenvalue weighted by atomic mass is 9.83. The van der Waals surface area contributed by atoms with Gasteiger partial charge in [0.25, 0.3) is 5.69 Å². The predicted molar refractivity (Wildman–Crippen MR) is 105 cm³/mol. The average Bonchev–Trinajstić information content (AvgIpc) is 2.70. The summed E-state index contributed by atoms with van der Waals surface area (Å²) in [5.41, 5.74) is -0.801. The Morgan fingerprint density at radius 1 is 1.17 bits per heavy atom. The molecule has 29 heavy (non-hydrogen) atoms. The molecule has 0 aliphatic carbocycles. The molecule has 1 aliphatic rings. The molecule has 2 atom stereocenters. The van der Waals surface area contributed by atoms with Crippen molar-refractivity contribution in [1.29, 1.82) is 0 Å². The Morgan fingerprint density at radius 2 is 1.86 bits per heavy atom. The normalized spacial score (nSPS) is 21.8. The van der Waals surface area contributed by atoms with Crippen LogP contribution in [0.15, 0.2) is 48.5 Å². The molecule has 0 aromatic heterocycles. The van der Waals surface area contributed by atoms with Crippen LogP contribution in [0, 0.1) is 15.9 Å². The Morgan fingerprint density at radius 3 is 2.48 bits per heavy atom. The molecule has 2 amide bonds. The zero-order chi connectivity index (χ0) is 21.2. The first-order chi connectivity index (χ1) is 13.8. The fourth-order valence-corrected chi connectivity index (χ4v) is 3.80. The number of piperazine rings is 1. The van der Waals surface area contributed by atoms with Crippen LogP contribution in [0.3, 0.4) is 0 Å². The molecule has 2 aromatic carbocycles. The Labute approximate surface area is 167 Å². The van der Waals surface area contributed by atoms with Crippen LogP contribution >= 0.6 is 0 Å². The minimum atomic E-state index is -1.11. The third kappa shape index (κ3) is 3.83. The average molecular weight is 399 g/mol. The number of hydrogen-bond acceptors (Lipinski definition) is 4.